The predicted molar refractivity (Wildman–Crippen MR) is 131 cm³/mol. The average Bonchev–Trinajstić information content (AvgIpc) is 3.61. The molecule has 1 unspecified atom stereocenters. The van der Waals surface area contributed by atoms with E-state index in [1.54, 1.807) is 25.7 Å². The zero-order chi connectivity index (χ0) is 24.9. The molecule has 0 heterocycles. The summed E-state index contributed by atoms with van der Waals surface area (Å²) in [6.07, 6.45) is 0.990. The van der Waals surface area contributed by atoms with Crippen molar-refractivity contribution in [3.8, 4) is 0 Å². The van der Waals surface area contributed by atoms with Gasteiger partial charge in [0.2, 0.25) is 11.8 Å². The molecule has 3 rings (SSSR count). The summed E-state index contributed by atoms with van der Waals surface area (Å²) in [7, 11) is 0. The summed E-state index contributed by atoms with van der Waals surface area (Å²) in [4.78, 5) is 40.5. The SMILES string of the molecule is Cc1ccc(C(C(=O)NCc2ccccc2)N(C(=O)CNC(=O)OC(C)(C)C)C2CC2)cc1C. The highest BCUT2D eigenvalue weighted by molar-refractivity contribution is 5.91. The first kappa shape index (κ1) is 25.3. The molecule has 182 valence electrons. The lowest BCUT2D eigenvalue weighted by Gasteiger charge is -2.32. The highest BCUT2D eigenvalue weighted by Gasteiger charge is 2.41. The predicted octanol–water partition coefficient (Wildman–Crippen LogP) is 4.18. The topological polar surface area (TPSA) is 87.7 Å². The van der Waals surface area contributed by atoms with Crippen molar-refractivity contribution in [2.24, 2.45) is 0 Å². The largest absolute Gasteiger partial charge is 0.444 e. The molecule has 0 spiro atoms. The molecule has 2 aromatic rings. The minimum absolute atomic E-state index is 0.0398. The van der Waals surface area contributed by atoms with Gasteiger partial charge in [-0.05, 0) is 69.7 Å². The quantitative estimate of drug-likeness (QED) is 0.612. The Bertz CT molecular complexity index is 1030. The maximum atomic E-state index is 13.5. The van der Waals surface area contributed by atoms with Crippen molar-refractivity contribution in [3.05, 3.63) is 70.8 Å². The number of carbonyl (C=O) groups is 3. The normalized spacial score (nSPS) is 14.1. The number of nitrogens with one attached hydrogen (secondary N) is 2. The highest BCUT2D eigenvalue weighted by Crippen LogP contribution is 2.35. The van der Waals surface area contributed by atoms with Crippen LogP contribution in [0.25, 0.3) is 0 Å². The van der Waals surface area contributed by atoms with Gasteiger partial charge >= 0.3 is 6.09 Å². The zero-order valence-electron chi connectivity index (χ0n) is 20.7. The van der Waals surface area contributed by atoms with Crippen LogP contribution in [0, 0.1) is 13.8 Å². The fraction of sp³-hybridized carbons (Fsp3) is 0.444. The Balaban J connectivity index is 1.82. The molecule has 2 aromatic carbocycles. The number of amides is 3. The Hall–Kier alpha value is -3.35. The zero-order valence-corrected chi connectivity index (χ0v) is 20.7. The van der Waals surface area contributed by atoms with Gasteiger partial charge in [0.15, 0.2) is 0 Å². The summed E-state index contributed by atoms with van der Waals surface area (Å²) in [5.74, 6) is -0.559. The summed E-state index contributed by atoms with van der Waals surface area (Å²) in [5.41, 5.74) is 3.23. The molecule has 0 aliphatic heterocycles. The van der Waals surface area contributed by atoms with Crippen molar-refractivity contribution in [2.45, 2.75) is 71.7 Å². The van der Waals surface area contributed by atoms with Gasteiger partial charge in [0.05, 0.1) is 0 Å². The average molecular weight is 466 g/mol. The molecule has 1 aliphatic carbocycles. The number of hydrogen-bond donors (Lipinski definition) is 2. The van der Waals surface area contributed by atoms with Crippen LogP contribution >= 0.6 is 0 Å². The molecule has 0 bridgehead atoms. The molecule has 34 heavy (non-hydrogen) atoms. The summed E-state index contributed by atoms with van der Waals surface area (Å²) < 4.78 is 5.25. The van der Waals surface area contributed by atoms with E-state index in [0.717, 1.165) is 35.1 Å². The van der Waals surface area contributed by atoms with Crippen molar-refractivity contribution in [1.82, 2.24) is 15.5 Å². The summed E-state index contributed by atoms with van der Waals surface area (Å²) in [6, 6.07) is 14.7. The second-order valence-electron chi connectivity index (χ2n) is 9.84. The minimum atomic E-state index is -0.788. The van der Waals surface area contributed by atoms with E-state index in [1.807, 2.05) is 62.4 Å². The van der Waals surface area contributed by atoms with Gasteiger partial charge < -0.3 is 20.3 Å². The molecule has 1 fully saturated rings. The van der Waals surface area contributed by atoms with Gasteiger partial charge in [0, 0.05) is 12.6 Å². The second-order valence-corrected chi connectivity index (χ2v) is 9.84. The van der Waals surface area contributed by atoms with Gasteiger partial charge in [0.25, 0.3) is 0 Å². The maximum Gasteiger partial charge on any atom is 0.408 e. The third kappa shape index (κ3) is 7.07. The Labute approximate surface area is 201 Å². The van der Waals surface area contributed by atoms with E-state index in [2.05, 4.69) is 10.6 Å². The van der Waals surface area contributed by atoms with Crippen LogP contribution in [0.4, 0.5) is 4.79 Å². The van der Waals surface area contributed by atoms with Gasteiger partial charge in [-0.15, -0.1) is 0 Å². The van der Waals surface area contributed by atoms with Crippen LogP contribution in [-0.4, -0.2) is 41.0 Å². The van der Waals surface area contributed by atoms with Crippen LogP contribution in [0.3, 0.4) is 0 Å². The third-order valence-corrected chi connectivity index (χ3v) is 5.69. The van der Waals surface area contributed by atoms with Crippen molar-refractivity contribution in [3.63, 3.8) is 0 Å². The molecular formula is C27H35N3O4. The van der Waals surface area contributed by atoms with Crippen LogP contribution < -0.4 is 10.6 Å². The monoisotopic (exact) mass is 465 g/mol. The lowest BCUT2D eigenvalue weighted by Crippen LogP contribution is -2.48. The van der Waals surface area contributed by atoms with Gasteiger partial charge in [0.1, 0.15) is 18.2 Å². The van der Waals surface area contributed by atoms with Crippen LogP contribution in [0.15, 0.2) is 48.5 Å². The van der Waals surface area contributed by atoms with Gasteiger partial charge in [-0.2, -0.15) is 0 Å². The first-order valence-corrected chi connectivity index (χ1v) is 11.7. The Morgan fingerprint density at radius 3 is 2.26 bits per heavy atom. The van der Waals surface area contributed by atoms with Gasteiger partial charge in [-0.25, -0.2) is 4.79 Å². The first-order chi connectivity index (χ1) is 16.0. The Morgan fingerprint density at radius 1 is 1.00 bits per heavy atom. The number of hydrogen-bond acceptors (Lipinski definition) is 4. The van der Waals surface area contributed by atoms with E-state index in [4.69, 9.17) is 4.74 Å². The molecule has 0 radical (unpaired) electrons. The highest BCUT2D eigenvalue weighted by atomic mass is 16.6. The number of ether oxygens (including phenoxy) is 1. The molecule has 0 aromatic heterocycles. The maximum absolute atomic E-state index is 13.5. The summed E-state index contributed by atoms with van der Waals surface area (Å²) >= 11 is 0. The van der Waals surface area contributed by atoms with Gasteiger partial charge in [-0.3, -0.25) is 9.59 Å². The number of benzene rings is 2. The van der Waals surface area contributed by atoms with Crippen LogP contribution in [0.2, 0.25) is 0 Å². The first-order valence-electron chi connectivity index (χ1n) is 11.7. The Morgan fingerprint density at radius 2 is 1.68 bits per heavy atom. The molecule has 7 nitrogen and oxygen atoms in total. The fourth-order valence-corrected chi connectivity index (χ4v) is 3.72. The second kappa shape index (κ2) is 10.7. The van der Waals surface area contributed by atoms with E-state index >= 15 is 0 Å². The van der Waals surface area contributed by atoms with Crippen molar-refractivity contribution < 1.29 is 19.1 Å². The van der Waals surface area contributed by atoms with Crippen molar-refractivity contribution in [1.29, 1.82) is 0 Å². The minimum Gasteiger partial charge on any atom is -0.444 e. The van der Waals surface area contributed by atoms with Crippen molar-refractivity contribution in [2.75, 3.05) is 6.54 Å². The lowest BCUT2D eigenvalue weighted by atomic mass is 9.98. The third-order valence-electron chi connectivity index (χ3n) is 5.69. The van der Waals surface area contributed by atoms with Crippen LogP contribution in [-0.2, 0) is 20.9 Å². The molecule has 0 saturated heterocycles. The van der Waals surface area contributed by atoms with Crippen LogP contribution in [0.1, 0.15) is 61.9 Å². The fourth-order valence-electron chi connectivity index (χ4n) is 3.72. The molecule has 7 heteroatoms. The number of alkyl carbamates (subject to hydrolysis) is 1. The van der Waals surface area contributed by atoms with E-state index in [0.29, 0.717) is 6.54 Å². The standard InChI is InChI=1S/C27H35N3O4/c1-18-11-12-21(15-19(18)2)24(25(32)28-16-20-9-7-6-8-10-20)30(22-13-14-22)23(31)17-29-26(33)34-27(3,4)5/h6-12,15,22,24H,13-14,16-17H2,1-5H3,(H,28,32)(H,29,33). The lowest BCUT2D eigenvalue weighted by molar-refractivity contribution is -0.141. The van der Waals surface area contributed by atoms with E-state index in [-0.39, 0.29) is 24.4 Å². The van der Waals surface area contributed by atoms with Crippen LogP contribution in [0.5, 0.6) is 0 Å². The molecule has 1 atom stereocenters. The number of aryl methyl sites for hydroxylation is 2. The van der Waals surface area contributed by atoms with Crippen molar-refractivity contribution >= 4 is 17.9 Å². The van der Waals surface area contributed by atoms with E-state index in [1.165, 1.54) is 0 Å². The number of carbonyl (C=O) groups excluding carboxylic acids is 3. The molecule has 2 N–H and O–H groups in total. The molecule has 1 saturated carbocycles. The number of nitrogens with zero attached hydrogens (tertiary/aromatic N) is 1. The Kier molecular flexibility index (Phi) is 7.97. The smallest absolute Gasteiger partial charge is 0.408 e. The van der Waals surface area contributed by atoms with E-state index in [9.17, 15) is 14.4 Å². The summed E-state index contributed by atoms with van der Waals surface area (Å²) in [6.45, 7) is 9.42. The number of rotatable bonds is 8. The van der Waals surface area contributed by atoms with E-state index < -0.39 is 17.7 Å². The molecule has 3 amide bonds. The molecule has 1 aliphatic rings. The molecular weight excluding hydrogens is 430 g/mol. The van der Waals surface area contributed by atoms with Gasteiger partial charge in [-0.1, -0.05) is 48.5 Å². The summed E-state index contributed by atoms with van der Waals surface area (Å²) in [5, 5.41) is 5.54.